The third-order valence-electron chi connectivity index (χ3n) is 1.72. The molecular formula is C9H15N5S. The highest BCUT2D eigenvalue weighted by Gasteiger charge is 1.93. The van der Waals surface area contributed by atoms with Gasteiger partial charge in [0.15, 0.2) is 5.11 Å². The Labute approximate surface area is 94.7 Å². The molecule has 0 bridgehead atoms. The molecule has 1 aromatic heterocycles. The fourth-order valence-electron chi connectivity index (χ4n) is 0.974. The molecule has 0 radical (unpaired) electrons. The molecule has 0 aromatic carbocycles. The van der Waals surface area contributed by atoms with Crippen molar-refractivity contribution in [1.82, 2.24) is 25.9 Å². The molecular weight excluding hydrogens is 210 g/mol. The third-order valence-corrected chi connectivity index (χ3v) is 2.07. The molecule has 5 nitrogen and oxygen atoms in total. The van der Waals surface area contributed by atoms with E-state index in [1.54, 1.807) is 25.5 Å². The van der Waals surface area contributed by atoms with Crippen LogP contribution in [-0.2, 0) is 6.54 Å². The Morgan fingerprint density at radius 2 is 2.07 bits per heavy atom. The molecule has 0 saturated heterocycles. The number of thiocarbonyl (C=S) groups is 1. The smallest absolute Gasteiger partial charge is 0.166 e. The molecule has 0 saturated carbocycles. The second-order valence-electron chi connectivity index (χ2n) is 2.85. The molecule has 0 aliphatic carbocycles. The van der Waals surface area contributed by atoms with Crippen LogP contribution in [0.5, 0.6) is 0 Å². The summed E-state index contributed by atoms with van der Waals surface area (Å²) in [6, 6.07) is 1.80. The quantitative estimate of drug-likeness (QED) is 0.471. The van der Waals surface area contributed by atoms with Crippen molar-refractivity contribution in [1.29, 1.82) is 0 Å². The van der Waals surface area contributed by atoms with Crippen molar-refractivity contribution in [2.75, 3.05) is 20.1 Å². The second kappa shape index (κ2) is 7.08. The number of hydrogen-bond donors (Lipinski definition) is 3. The summed E-state index contributed by atoms with van der Waals surface area (Å²) in [5.74, 6) is 0.800. The summed E-state index contributed by atoms with van der Waals surface area (Å²) in [7, 11) is 1.79. The summed E-state index contributed by atoms with van der Waals surface area (Å²) in [4.78, 5) is 8.19. The summed E-state index contributed by atoms with van der Waals surface area (Å²) in [5, 5.41) is 9.74. The number of nitrogens with zero attached hydrogens (tertiary/aromatic N) is 2. The van der Waals surface area contributed by atoms with E-state index in [0.29, 0.717) is 11.7 Å². The van der Waals surface area contributed by atoms with Crippen LogP contribution in [0.1, 0.15) is 5.82 Å². The number of rotatable bonds is 5. The molecule has 0 atom stereocenters. The fraction of sp³-hybridized carbons (Fsp3) is 0.444. The van der Waals surface area contributed by atoms with E-state index in [1.807, 2.05) is 0 Å². The summed E-state index contributed by atoms with van der Waals surface area (Å²) < 4.78 is 0. The fourth-order valence-corrected chi connectivity index (χ4v) is 1.08. The third kappa shape index (κ3) is 5.24. The standard InChI is InChI=1S/C9H15N5S/c1-10-9(15)14-6-5-11-7-8-12-3-2-4-13-8/h2-4,11H,5-7H2,1H3,(H2,10,14,15). The Bertz CT molecular complexity index is 290. The first kappa shape index (κ1) is 11.8. The van der Waals surface area contributed by atoms with Gasteiger partial charge in [-0.2, -0.15) is 0 Å². The van der Waals surface area contributed by atoms with Crippen molar-refractivity contribution in [3.8, 4) is 0 Å². The average molecular weight is 225 g/mol. The van der Waals surface area contributed by atoms with Crippen LogP contribution in [0, 0.1) is 0 Å². The molecule has 15 heavy (non-hydrogen) atoms. The zero-order valence-corrected chi connectivity index (χ0v) is 9.47. The lowest BCUT2D eigenvalue weighted by atomic mass is 10.5. The number of nitrogens with one attached hydrogen (secondary N) is 3. The SMILES string of the molecule is CNC(=S)NCCNCc1ncccn1. The van der Waals surface area contributed by atoms with Crippen molar-refractivity contribution in [2.24, 2.45) is 0 Å². The van der Waals surface area contributed by atoms with E-state index in [0.717, 1.165) is 18.9 Å². The molecule has 1 rings (SSSR count). The first-order chi connectivity index (χ1) is 7.33. The molecule has 1 heterocycles. The minimum atomic E-state index is 0.660. The molecule has 1 aromatic rings. The lowest BCUT2D eigenvalue weighted by Crippen LogP contribution is -2.37. The summed E-state index contributed by atoms with van der Waals surface area (Å²) in [6.45, 7) is 2.28. The minimum absolute atomic E-state index is 0.660. The van der Waals surface area contributed by atoms with Crippen LogP contribution in [0.3, 0.4) is 0 Å². The van der Waals surface area contributed by atoms with E-state index in [2.05, 4.69) is 25.9 Å². The normalized spacial score (nSPS) is 9.67. The highest BCUT2D eigenvalue weighted by molar-refractivity contribution is 7.80. The largest absolute Gasteiger partial charge is 0.366 e. The number of aromatic nitrogens is 2. The molecule has 0 fully saturated rings. The van der Waals surface area contributed by atoms with Gasteiger partial charge in [-0.15, -0.1) is 0 Å². The van der Waals surface area contributed by atoms with Crippen molar-refractivity contribution in [3.63, 3.8) is 0 Å². The predicted octanol–water partition coefficient (Wildman–Crippen LogP) is -0.340. The van der Waals surface area contributed by atoms with Crippen molar-refractivity contribution >= 4 is 17.3 Å². The van der Waals surface area contributed by atoms with Gasteiger partial charge in [0, 0.05) is 32.5 Å². The molecule has 6 heteroatoms. The highest BCUT2D eigenvalue weighted by Crippen LogP contribution is 1.84. The summed E-state index contributed by atoms with van der Waals surface area (Å²) in [5.41, 5.74) is 0. The minimum Gasteiger partial charge on any atom is -0.366 e. The Morgan fingerprint density at radius 1 is 1.33 bits per heavy atom. The monoisotopic (exact) mass is 225 g/mol. The summed E-state index contributed by atoms with van der Waals surface area (Å²) in [6.07, 6.45) is 3.47. The van der Waals surface area contributed by atoms with Crippen molar-refractivity contribution in [3.05, 3.63) is 24.3 Å². The zero-order valence-electron chi connectivity index (χ0n) is 8.66. The lowest BCUT2D eigenvalue weighted by molar-refractivity contribution is 0.647. The van der Waals surface area contributed by atoms with Crippen LogP contribution < -0.4 is 16.0 Å². The van der Waals surface area contributed by atoms with E-state index >= 15 is 0 Å². The maximum atomic E-state index is 4.92. The van der Waals surface area contributed by atoms with Gasteiger partial charge in [0.05, 0.1) is 6.54 Å². The van der Waals surface area contributed by atoms with Gasteiger partial charge in [0.2, 0.25) is 0 Å². The molecule has 82 valence electrons. The first-order valence-electron chi connectivity index (χ1n) is 4.75. The number of hydrogen-bond acceptors (Lipinski definition) is 4. The van der Waals surface area contributed by atoms with Crippen LogP contribution in [0.25, 0.3) is 0 Å². The highest BCUT2D eigenvalue weighted by atomic mass is 32.1. The Morgan fingerprint density at radius 3 is 2.73 bits per heavy atom. The van der Waals surface area contributed by atoms with E-state index < -0.39 is 0 Å². The van der Waals surface area contributed by atoms with Gasteiger partial charge in [-0.3, -0.25) is 0 Å². The van der Waals surface area contributed by atoms with E-state index in [-0.39, 0.29) is 0 Å². The van der Waals surface area contributed by atoms with Crippen LogP contribution in [0.15, 0.2) is 18.5 Å². The molecule has 0 spiro atoms. The maximum absolute atomic E-state index is 4.92. The topological polar surface area (TPSA) is 61.9 Å². The van der Waals surface area contributed by atoms with Gasteiger partial charge in [0.25, 0.3) is 0 Å². The van der Waals surface area contributed by atoms with Gasteiger partial charge >= 0.3 is 0 Å². The maximum Gasteiger partial charge on any atom is 0.166 e. The van der Waals surface area contributed by atoms with Crippen molar-refractivity contribution in [2.45, 2.75) is 6.54 Å². The Balaban J connectivity index is 2.05. The van der Waals surface area contributed by atoms with Gasteiger partial charge < -0.3 is 16.0 Å². The average Bonchev–Trinajstić information content (AvgIpc) is 2.29. The molecule has 0 aliphatic heterocycles. The van der Waals surface area contributed by atoms with Gasteiger partial charge in [0.1, 0.15) is 5.82 Å². The molecule has 0 aliphatic rings. The van der Waals surface area contributed by atoms with Crippen LogP contribution in [0.2, 0.25) is 0 Å². The predicted molar refractivity (Wildman–Crippen MR) is 63.4 cm³/mol. The van der Waals surface area contributed by atoms with Crippen LogP contribution in [0.4, 0.5) is 0 Å². The van der Waals surface area contributed by atoms with E-state index in [4.69, 9.17) is 12.2 Å². The second-order valence-corrected chi connectivity index (χ2v) is 3.26. The van der Waals surface area contributed by atoms with Crippen LogP contribution in [-0.4, -0.2) is 35.2 Å². The van der Waals surface area contributed by atoms with Gasteiger partial charge in [-0.1, -0.05) is 0 Å². The summed E-state index contributed by atoms with van der Waals surface area (Å²) >= 11 is 4.92. The Kier molecular flexibility index (Phi) is 5.57. The molecule has 0 unspecified atom stereocenters. The van der Waals surface area contributed by atoms with Gasteiger partial charge in [-0.25, -0.2) is 9.97 Å². The van der Waals surface area contributed by atoms with Crippen molar-refractivity contribution < 1.29 is 0 Å². The zero-order chi connectivity index (χ0) is 10.9. The van der Waals surface area contributed by atoms with E-state index in [1.165, 1.54) is 0 Å². The Hall–Kier alpha value is -1.27. The molecule has 3 N–H and O–H groups in total. The first-order valence-corrected chi connectivity index (χ1v) is 5.16. The lowest BCUT2D eigenvalue weighted by Gasteiger charge is -2.07. The molecule has 0 amide bonds. The van der Waals surface area contributed by atoms with E-state index in [9.17, 15) is 0 Å². The van der Waals surface area contributed by atoms with Gasteiger partial charge in [-0.05, 0) is 18.3 Å². The van der Waals surface area contributed by atoms with Crippen LogP contribution >= 0.6 is 12.2 Å².